The van der Waals surface area contributed by atoms with Crippen LogP contribution in [0.15, 0.2) is 29.3 Å². The molecule has 0 radical (unpaired) electrons. The number of piperidine rings is 1. The fourth-order valence-corrected chi connectivity index (χ4v) is 6.66. The Morgan fingerprint density at radius 1 is 1.30 bits per heavy atom. The van der Waals surface area contributed by atoms with E-state index >= 15 is 0 Å². The SMILES string of the molecule is CC(=O)N[C@@H](CCCN=C(N)N)C(=O)NCCN(C)C(=O)Oc1ccc(C)c2c1O[C@H]1C(O)C=CC3[C@@H](C)N(C)CC[C@@]231. The molecule has 1 fully saturated rings. The van der Waals surface area contributed by atoms with E-state index in [1.54, 1.807) is 13.1 Å². The van der Waals surface area contributed by atoms with Gasteiger partial charge in [0.05, 0.1) is 0 Å². The van der Waals surface area contributed by atoms with Gasteiger partial charge < -0.3 is 46.5 Å². The van der Waals surface area contributed by atoms with E-state index in [1.807, 2.05) is 19.1 Å². The van der Waals surface area contributed by atoms with Crippen molar-refractivity contribution in [1.82, 2.24) is 20.4 Å². The molecule has 0 aromatic heterocycles. The maximum atomic E-state index is 13.1. The molecule has 13 heteroatoms. The van der Waals surface area contributed by atoms with E-state index in [9.17, 15) is 19.5 Å². The zero-order valence-corrected chi connectivity index (χ0v) is 25.6. The minimum absolute atomic E-state index is 0.0362. The summed E-state index contributed by atoms with van der Waals surface area (Å²) >= 11 is 0. The molecule has 7 N–H and O–H groups in total. The number of guanidine groups is 1. The molecule has 13 nitrogen and oxygen atoms in total. The average Bonchev–Trinajstić information content (AvgIpc) is 3.31. The number of likely N-dealkylation sites (tertiary alicyclic amines) is 1. The van der Waals surface area contributed by atoms with Crippen molar-refractivity contribution in [2.45, 2.75) is 69.7 Å². The van der Waals surface area contributed by atoms with Crippen LogP contribution in [0.4, 0.5) is 4.79 Å². The summed E-state index contributed by atoms with van der Waals surface area (Å²) in [5.41, 5.74) is 12.3. The van der Waals surface area contributed by atoms with Gasteiger partial charge in [0.25, 0.3) is 0 Å². The van der Waals surface area contributed by atoms with Crippen LogP contribution in [0.2, 0.25) is 0 Å². The molecule has 2 heterocycles. The third kappa shape index (κ3) is 6.57. The molecule has 2 unspecified atom stereocenters. The van der Waals surface area contributed by atoms with E-state index in [0.29, 0.717) is 30.9 Å². The summed E-state index contributed by atoms with van der Waals surface area (Å²) in [5.74, 6) is 0.190. The predicted molar refractivity (Wildman–Crippen MR) is 162 cm³/mol. The topological polar surface area (TPSA) is 185 Å². The monoisotopic (exact) mass is 599 g/mol. The highest BCUT2D eigenvalue weighted by atomic mass is 16.6. The van der Waals surface area contributed by atoms with E-state index in [-0.39, 0.29) is 42.8 Å². The van der Waals surface area contributed by atoms with E-state index in [2.05, 4.69) is 40.6 Å². The first-order chi connectivity index (χ1) is 20.4. The van der Waals surface area contributed by atoms with Gasteiger partial charge in [-0.3, -0.25) is 14.6 Å². The average molecular weight is 600 g/mol. The Kier molecular flexibility index (Phi) is 9.86. The summed E-state index contributed by atoms with van der Waals surface area (Å²) in [4.78, 5) is 45.0. The van der Waals surface area contributed by atoms with Gasteiger partial charge >= 0.3 is 6.09 Å². The van der Waals surface area contributed by atoms with E-state index in [1.165, 1.54) is 11.8 Å². The zero-order valence-electron chi connectivity index (χ0n) is 25.6. The lowest BCUT2D eigenvalue weighted by Gasteiger charge is -2.52. The molecule has 1 saturated heterocycles. The first-order valence-corrected chi connectivity index (χ1v) is 14.8. The molecule has 6 atom stereocenters. The number of amides is 3. The molecular weight excluding hydrogens is 554 g/mol. The molecule has 4 rings (SSSR count). The van der Waals surface area contributed by atoms with Crippen molar-refractivity contribution in [3.63, 3.8) is 0 Å². The number of aryl methyl sites for hydroxylation is 1. The van der Waals surface area contributed by atoms with Crippen molar-refractivity contribution in [3.8, 4) is 11.5 Å². The number of rotatable bonds is 10. The minimum Gasteiger partial charge on any atom is -0.482 e. The van der Waals surface area contributed by atoms with E-state index in [4.69, 9.17) is 20.9 Å². The molecular formula is C30H45N7O6. The van der Waals surface area contributed by atoms with Gasteiger partial charge in [-0.1, -0.05) is 18.2 Å². The minimum atomic E-state index is -0.777. The summed E-state index contributed by atoms with van der Waals surface area (Å²) in [5, 5.41) is 16.4. The number of aliphatic hydroxyl groups is 1. The lowest BCUT2D eigenvalue weighted by molar-refractivity contribution is -0.128. The Morgan fingerprint density at radius 3 is 2.74 bits per heavy atom. The number of aliphatic hydroxyl groups excluding tert-OH is 1. The first-order valence-electron chi connectivity index (χ1n) is 14.8. The van der Waals surface area contributed by atoms with Gasteiger partial charge in [0.1, 0.15) is 18.2 Å². The number of likely N-dealkylation sites (N-methyl/N-ethyl adjacent to an activating group) is 1. The molecule has 0 bridgehead atoms. The normalized spacial score (nSPS) is 26.2. The number of nitrogens with zero attached hydrogens (tertiary/aromatic N) is 3. The molecule has 1 aliphatic carbocycles. The van der Waals surface area contributed by atoms with E-state index in [0.717, 1.165) is 24.1 Å². The number of aliphatic imine (C=N–C) groups is 1. The van der Waals surface area contributed by atoms with Gasteiger partial charge in [-0.25, -0.2) is 4.79 Å². The summed E-state index contributed by atoms with van der Waals surface area (Å²) in [6.07, 6.45) is 3.72. The van der Waals surface area contributed by atoms with Gasteiger partial charge in [0, 0.05) is 56.5 Å². The Hall–Kier alpha value is -3.84. The van der Waals surface area contributed by atoms with Crippen molar-refractivity contribution in [2.75, 3.05) is 40.3 Å². The van der Waals surface area contributed by atoms with Crippen LogP contribution < -0.4 is 31.6 Å². The lowest BCUT2D eigenvalue weighted by Crippen LogP contribution is -2.61. The number of benzene rings is 1. The van der Waals surface area contributed by atoms with Crippen LogP contribution >= 0.6 is 0 Å². The van der Waals surface area contributed by atoms with Gasteiger partial charge in [-0.2, -0.15) is 0 Å². The highest BCUT2D eigenvalue weighted by molar-refractivity contribution is 5.86. The summed E-state index contributed by atoms with van der Waals surface area (Å²) in [7, 11) is 3.69. The molecule has 3 aliphatic rings. The number of nitrogens with two attached hydrogens (primary N) is 2. The van der Waals surface area contributed by atoms with Gasteiger partial charge in [0.15, 0.2) is 17.5 Å². The highest BCUT2D eigenvalue weighted by Gasteiger charge is 2.61. The third-order valence-electron chi connectivity index (χ3n) is 8.96. The fraction of sp³-hybridized carbons (Fsp3) is 0.600. The van der Waals surface area contributed by atoms with Crippen LogP contribution in [-0.2, 0) is 15.0 Å². The van der Waals surface area contributed by atoms with Crippen molar-refractivity contribution >= 4 is 23.9 Å². The Bertz CT molecular complexity index is 1280. The second-order valence-electron chi connectivity index (χ2n) is 11.8. The number of fused-ring (bicyclic) bond motifs is 1. The van der Waals surface area contributed by atoms with Crippen molar-refractivity contribution < 1.29 is 29.0 Å². The van der Waals surface area contributed by atoms with Crippen molar-refractivity contribution in [3.05, 3.63) is 35.4 Å². The molecule has 0 saturated carbocycles. The number of nitrogens with one attached hydrogen (secondary N) is 2. The molecule has 2 aliphatic heterocycles. The van der Waals surface area contributed by atoms with Gasteiger partial charge in [-0.05, 0) is 58.3 Å². The van der Waals surface area contributed by atoms with Crippen LogP contribution in [0.5, 0.6) is 11.5 Å². The fourth-order valence-electron chi connectivity index (χ4n) is 6.66. The van der Waals surface area contributed by atoms with Crippen LogP contribution in [0, 0.1) is 12.8 Å². The number of carbonyl (C=O) groups excluding carboxylic acids is 3. The lowest BCUT2D eigenvalue weighted by atomic mass is 9.57. The molecule has 1 spiro atoms. The predicted octanol–water partition coefficient (Wildman–Crippen LogP) is 0.370. The van der Waals surface area contributed by atoms with Crippen molar-refractivity contribution in [1.29, 1.82) is 0 Å². The maximum Gasteiger partial charge on any atom is 0.415 e. The quantitative estimate of drug-likeness (QED) is 0.110. The highest BCUT2D eigenvalue weighted by Crippen LogP contribution is 2.59. The largest absolute Gasteiger partial charge is 0.482 e. The Labute approximate surface area is 252 Å². The first kappa shape index (κ1) is 32.1. The number of hydrogen-bond donors (Lipinski definition) is 5. The van der Waals surface area contributed by atoms with Crippen LogP contribution in [-0.4, -0.2) is 103 Å². The number of carbonyl (C=O) groups is 3. The van der Waals surface area contributed by atoms with Crippen LogP contribution in [0.3, 0.4) is 0 Å². The standard InChI is InChI=1S/C30H45N7O6/c1-17-8-11-23(25-24(17)30-12-15-36(4)18(2)20(30)9-10-22(39)26(30)43-25)42-29(41)37(5)16-14-33-27(40)21(35-19(3)38)7-6-13-34-28(31)32/h8-11,18,20-22,26,39H,6-7,12-16H2,1-5H3,(H,33,40)(H,35,38)(H4,31,32,34)/t18-,20?,21+,22?,26+,30+/m1/s1. The smallest absolute Gasteiger partial charge is 0.415 e. The zero-order chi connectivity index (χ0) is 31.5. The maximum absolute atomic E-state index is 13.1. The summed E-state index contributed by atoms with van der Waals surface area (Å²) < 4.78 is 12.3. The Balaban J connectivity index is 1.41. The molecule has 236 valence electrons. The van der Waals surface area contributed by atoms with Gasteiger partial charge in [0.2, 0.25) is 11.8 Å². The van der Waals surface area contributed by atoms with E-state index < -0.39 is 29.8 Å². The van der Waals surface area contributed by atoms with Gasteiger partial charge in [-0.15, -0.1) is 0 Å². The molecule has 3 amide bonds. The van der Waals surface area contributed by atoms with Crippen LogP contribution in [0.25, 0.3) is 0 Å². The Morgan fingerprint density at radius 2 is 2.05 bits per heavy atom. The third-order valence-corrected chi connectivity index (χ3v) is 8.96. The number of ether oxygens (including phenoxy) is 2. The van der Waals surface area contributed by atoms with Crippen LogP contribution in [0.1, 0.15) is 44.2 Å². The number of hydrogen-bond acceptors (Lipinski definition) is 8. The molecule has 1 aromatic carbocycles. The summed E-state index contributed by atoms with van der Waals surface area (Å²) in [6.45, 7) is 7.06. The summed E-state index contributed by atoms with van der Waals surface area (Å²) in [6, 6.07) is 3.14. The second-order valence-corrected chi connectivity index (χ2v) is 11.8. The van der Waals surface area contributed by atoms with Crippen molar-refractivity contribution in [2.24, 2.45) is 22.4 Å². The molecule has 1 aromatic rings. The second kappa shape index (κ2) is 13.2. The molecule has 43 heavy (non-hydrogen) atoms.